The molecule has 0 saturated heterocycles. The van der Waals surface area contributed by atoms with E-state index >= 15 is 0 Å². The van der Waals surface area contributed by atoms with Crippen LogP contribution < -0.4 is 11.1 Å². The zero-order chi connectivity index (χ0) is 12.8. The van der Waals surface area contributed by atoms with Crippen molar-refractivity contribution in [2.24, 2.45) is 0 Å². The smallest absolute Gasteiger partial charge is 0.253 e. The first kappa shape index (κ1) is 12.9. The van der Waals surface area contributed by atoms with Crippen LogP contribution in [0.3, 0.4) is 0 Å². The van der Waals surface area contributed by atoms with Crippen LogP contribution in [-0.4, -0.2) is 16.9 Å². The zero-order valence-electron chi connectivity index (χ0n) is 10.7. The number of nitrogen functional groups attached to an aromatic ring is 1. The standard InChI is InChI=1S/C14H21N3O/c15-13-9-8-11(10-16-13)14(18)17-12-6-4-2-1-3-5-7-12/h8-10,12H,1-7H2,(H2,15,16)(H,17,18). The van der Waals surface area contributed by atoms with Crippen molar-refractivity contribution in [1.82, 2.24) is 10.3 Å². The van der Waals surface area contributed by atoms with Crippen LogP contribution in [0.2, 0.25) is 0 Å². The number of amides is 1. The zero-order valence-corrected chi connectivity index (χ0v) is 10.7. The Kier molecular flexibility index (Phi) is 4.56. The third-order valence-electron chi connectivity index (χ3n) is 3.49. The van der Waals surface area contributed by atoms with E-state index < -0.39 is 0 Å². The van der Waals surface area contributed by atoms with E-state index in [1.165, 1.54) is 38.3 Å². The molecule has 0 atom stereocenters. The Morgan fingerprint density at radius 3 is 2.44 bits per heavy atom. The summed E-state index contributed by atoms with van der Waals surface area (Å²) in [6, 6.07) is 3.70. The van der Waals surface area contributed by atoms with Crippen molar-refractivity contribution >= 4 is 11.7 Å². The Balaban J connectivity index is 1.91. The highest BCUT2D eigenvalue weighted by atomic mass is 16.1. The lowest BCUT2D eigenvalue weighted by atomic mass is 9.96. The van der Waals surface area contributed by atoms with Crippen molar-refractivity contribution in [2.75, 3.05) is 5.73 Å². The molecule has 0 spiro atoms. The molecule has 0 aromatic carbocycles. The molecule has 2 rings (SSSR count). The van der Waals surface area contributed by atoms with E-state index in [1.807, 2.05) is 0 Å². The van der Waals surface area contributed by atoms with Gasteiger partial charge in [-0.3, -0.25) is 4.79 Å². The highest BCUT2D eigenvalue weighted by Crippen LogP contribution is 2.17. The Bertz CT molecular complexity index is 381. The van der Waals surface area contributed by atoms with Crippen LogP contribution in [0.25, 0.3) is 0 Å². The maximum atomic E-state index is 12.0. The van der Waals surface area contributed by atoms with Gasteiger partial charge in [0.1, 0.15) is 5.82 Å². The molecule has 3 N–H and O–H groups in total. The molecule has 1 aliphatic carbocycles. The Labute approximate surface area is 108 Å². The fraction of sp³-hybridized carbons (Fsp3) is 0.571. The molecule has 4 nitrogen and oxygen atoms in total. The molecular formula is C14H21N3O. The number of nitrogens with zero attached hydrogens (tertiary/aromatic N) is 1. The van der Waals surface area contributed by atoms with E-state index in [0.29, 0.717) is 17.4 Å². The van der Waals surface area contributed by atoms with E-state index in [-0.39, 0.29) is 5.91 Å². The minimum absolute atomic E-state index is 0.0342. The number of nitrogens with one attached hydrogen (secondary N) is 1. The molecule has 4 heteroatoms. The molecule has 0 unspecified atom stereocenters. The number of nitrogens with two attached hydrogens (primary N) is 1. The van der Waals surface area contributed by atoms with Crippen molar-refractivity contribution in [3.8, 4) is 0 Å². The van der Waals surface area contributed by atoms with Gasteiger partial charge in [0.25, 0.3) is 5.91 Å². The monoisotopic (exact) mass is 247 g/mol. The van der Waals surface area contributed by atoms with E-state index in [1.54, 1.807) is 12.1 Å². The summed E-state index contributed by atoms with van der Waals surface area (Å²) in [5.41, 5.74) is 6.10. The van der Waals surface area contributed by atoms with Gasteiger partial charge in [-0.15, -0.1) is 0 Å². The van der Waals surface area contributed by atoms with Crippen molar-refractivity contribution in [3.05, 3.63) is 23.9 Å². The second-order valence-electron chi connectivity index (χ2n) is 4.99. The van der Waals surface area contributed by atoms with E-state index in [2.05, 4.69) is 10.3 Å². The molecule has 1 saturated carbocycles. The van der Waals surface area contributed by atoms with E-state index in [9.17, 15) is 4.79 Å². The molecular weight excluding hydrogens is 226 g/mol. The van der Waals surface area contributed by atoms with Crippen molar-refractivity contribution in [3.63, 3.8) is 0 Å². The van der Waals surface area contributed by atoms with Crippen LogP contribution in [0.1, 0.15) is 55.3 Å². The van der Waals surface area contributed by atoms with Gasteiger partial charge in [0.2, 0.25) is 0 Å². The van der Waals surface area contributed by atoms with Crippen LogP contribution in [0.5, 0.6) is 0 Å². The number of aromatic nitrogens is 1. The third kappa shape index (κ3) is 3.72. The van der Waals surface area contributed by atoms with E-state index in [4.69, 9.17) is 5.73 Å². The normalized spacial score (nSPS) is 17.8. The first-order valence-electron chi connectivity index (χ1n) is 6.78. The number of hydrogen-bond donors (Lipinski definition) is 2. The molecule has 1 fully saturated rings. The predicted octanol–water partition coefficient (Wildman–Crippen LogP) is 2.51. The maximum absolute atomic E-state index is 12.0. The van der Waals surface area contributed by atoms with Gasteiger partial charge in [0, 0.05) is 12.2 Å². The van der Waals surface area contributed by atoms with Crippen molar-refractivity contribution < 1.29 is 4.79 Å². The van der Waals surface area contributed by atoms with Gasteiger partial charge in [-0.25, -0.2) is 4.98 Å². The number of hydrogen-bond acceptors (Lipinski definition) is 3. The van der Waals surface area contributed by atoms with Gasteiger partial charge >= 0.3 is 0 Å². The molecule has 1 amide bonds. The Morgan fingerprint density at radius 2 is 1.83 bits per heavy atom. The highest BCUT2D eigenvalue weighted by Gasteiger charge is 2.15. The lowest BCUT2D eigenvalue weighted by molar-refractivity contribution is 0.0930. The van der Waals surface area contributed by atoms with Gasteiger partial charge < -0.3 is 11.1 Å². The topological polar surface area (TPSA) is 68.0 Å². The van der Waals surface area contributed by atoms with Gasteiger partial charge in [-0.2, -0.15) is 0 Å². The molecule has 0 radical (unpaired) electrons. The fourth-order valence-electron chi connectivity index (χ4n) is 2.41. The molecule has 0 aliphatic heterocycles. The number of anilines is 1. The Hall–Kier alpha value is -1.58. The average Bonchev–Trinajstić information content (AvgIpc) is 2.33. The molecule has 98 valence electrons. The summed E-state index contributed by atoms with van der Waals surface area (Å²) in [7, 11) is 0. The summed E-state index contributed by atoms with van der Waals surface area (Å²) in [6.07, 6.45) is 10.1. The first-order valence-corrected chi connectivity index (χ1v) is 6.78. The quantitative estimate of drug-likeness (QED) is 0.843. The second kappa shape index (κ2) is 6.38. The summed E-state index contributed by atoms with van der Waals surface area (Å²) in [5, 5.41) is 3.10. The first-order chi connectivity index (χ1) is 8.75. The summed E-state index contributed by atoms with van der Waals surface area (Å²) in [6.45, 7) is 0. The van der Waals surface area contributed by atoms with Crippen LogP contribution >= 0.6 is 0 Å². The van der Waals surface area contributed by atoms with Gasteiger partial charge in [0.15, 0.2) is 0 Å². The molecule has 1 aromatic heterocycles. The van der Waals surface area contributed by atoms with Gasteiger partial charge in [-0.1, -0.05) is 32.1 Å². The summed E-state index contributed by atoms with van der Waals surface area (Å²) < 4.78 is 0. The second-order valence-corrected chi connectivity index (χ2v) is 4.99. The molecule has 1 aliphatic rings. The lowest BCUT2D eigenvalue weighted by Crippen LogP contribution is -2.35. The summed E-state index contributed by atoms with van der Waals surface area (Å²) in [4.78, 5) is 16.0. The average molecular weight is 247 g/mol. The lowest BCUT2D eigenvalue weighted by Gasteiger charge is -2.20. The minimum Gasteiger partial charge on any atom is -0.384 e. The van der Waals surface area contributed by atoms with Crippen molar-refractivity contribution in [1.29, 1.82) is 0 Å². The van der Waals surface area contributed by atoms with Gasteiger partial charge in [0.05, 0.1) is 5.56 Å². The fourth-order valence-corrected chi connectivity index (χ4v) is 2.41. The largest absolute Gasteiger partial charge is 0.384 e. The molecule has 0 bridgehead atoms. The van der Waals surface area contributed by atoms with Crippen molar-refractivity contribution in [2.45, 2.75) is 51.0 Å². The summed E-state index contributed by atoms with van der Waals surface area (Å²) in [5.74, 6) is 0.408. The van der Waals surface area contributed by atoms with Crippen LogP contribution in [0.15, 0.2) is 18.3 Å². The predicted molar refractivity (Wildman–Crippen MR) is 72.2 cm³/mol. The number of carbonyl (C=O) groups is 1. The van der Waals surface area contributed by atoms with Crippen LogP contribution in [0, 0.1) is 0 Å². The van der Waals surface area contributed by atoms with Gasteiger partial charge in [-0.05, 0) is 25.0 Å². The Morgan fingerprint density at radius 1 is 1.17 bits per heavy atom. The SMILES string of the molecule is Nc1ccc(C(=O)NC2CCCCCCC2)cn1. The van der Waals surface area contributed by atoms with E-state index in [0.717, 1.165) is 12.8 Å². The van der Waals surface area contributed by atoms with Crippen LogP contribution in [-0.2, 0) is 0 Å². The number of pyridine rings is 1. The van der Waals surface area contributed by atoms with Crippen LogP contribution in [0.4, 0.5) is 5.82 Å². The maximum Gasteiger partial charge on any atom is 0.253 e. The molecule has 18 heavy (non-hydrogen) atoms. The minimum atomic E-state index is -0.0342. The summed E-state index contributed by atoms with van der Waals surface area (Å²) >= 11 is 0. The number of rotatable bonds is 2. The highest BCUT2D eigenvalue weighted by molar-refractivity contribution is 5.94. The third-order valence-corrected chi connectivity index (χ3v) is 3.49. The number of carbonyl (C=O) groups excluding carboxylic acids is 1. The molecule has 1 aromatic rings. The molecule has 1 heterocycles.